The highest BCUT2D eigenvalue weighted by Crippen LogP contribution is 2.45. The van der Waals surface area contributed by atoms with E-state index < -0.39 is 0 Å². The van der Waals surface area contributed by atoms with Crippen LogP contribution in [0.1, 0.15) is 2.74 Å². The van der Waals surface area contributed by atoms with Gasteiger partial charge in [-0.2, -0.15) is 0 Å². The first kappa shape index (κ1) is 22.0. The summed E-state index contributed by atoms with van der Waals surface area (Å²) in [5.74, 6) is 0. The van der Waals surface area contributed by atoms with Crippen molar-refractivity contribution in [3.8, 4) is 33.4 Å². The summed E-state index contributed by atoms with van der Waals surface area (Å²) in [6, 6.07) is 51.2. The van der Waals surface area contributed by atoms with E-state index in [1.165, 1.54) is 38.2 Å². The highest BCUT2D eigenvalue weighted by atomic mass is 16.3. The SMILES string of the molecule is [2H]c1c2ccccc2c([2H])c2c1oc1c(-c3cccc(-c4c5ccccc5c(-c5ccccc5)c5ccccc45)c3)cccc12. The third kappa shape index (κ3) is 3.72. The Morgan fingerprint density at radius 3 is 1.60 bits per heavy atom. The molecule has 0 amide bonds. The lowest BCUT2D eigenvalue weighted by atomic mass is 9.85. The van der Waals surface area contributed by atoms with Gasteiger partial charge in [-0.1, -0.05) is 140 Å². The van der Waals surface area contributed by atoms with E-state index >= 15 is 0 Å². The molecule has 0 unspecified atom stereocenters. The molecule has 0 bridgehead atoms. The van der Waals surface area contributed by atoms with Crippen LogP contribution >= 0.6 is 0 Å². The van der Waals surface area contributed by atoms with Crippen LogP contribution in [0, 0.1) is 0 Å². The molecular formula is C42H26O. The van der Waals surface area contributed by atoms with Gasteiger partial charge in [-0.25, -0.2) is 0 Å². The Kier molecular flexibility index (Phi) is 4.83. The summed E-state index contributed by atoms with van der Waals surface area (Å²) in [6.45, 7) is 0. The van der Waals surface area contributed by atoms with Crippen LogP contribution in [0.2, 0.25) is 0 Å². The maximum Gasteiger partial charge on any atom is 0.143 e. The molecule has 0 aliphatic rings. The van der Waals surface area contributed by atoms with Crippen molar-refractivity contribution >= 4 is 54.3 Å². The zero-order valence-corrected chi connectivity index (χ0v) is 23.3. The second kappa shape index (κ2) is 9.44. The fraction of sp³-hybridized carbons (Fsp3) is 0. The third-order valence-electron chi connectivity index (χ3n) is 8.61. The molecular weight excluding hydrogens is 520 g/mol. The lowest BCUT2D eigenvalue weighted by Gasteiger charge is -2.18. The quantitative estimate of drug-likeness (QED) is 0.200. The number of fused-ring (bicyclic) bond motifs is 6. The molecule has 9 aromatic rings. The topological polar surface area (TPSA) is 13.1 Å². The van der Waals surface area contributed by atoms with Gasteiger partial charge in [0, 0.05) is 16.3 Å². The third-order valence-corrected chi connectivity index (χ3v) is 8.61. The number of furan rings is 1. The Labute approximate surface area is 252 Å². The molecule has 1 nitrogen and oxygen atoms in total. The summed E-state index contributed by atoms with van der Waals surface area (Å²) in [5, 5.41) is 7.91. The molecule has 0 saturated heterocycles. The first-order valence-corrected chi connectivity index (χ1v) is 14.6. The molecule has 0 N–H and O–H groups in total. The molecule has 8 aromatic carbocycles. The summed E-state index contributed by atoms with van der Waals surface area (Å²) >= 11 is 0. The fourth-order valence-corrected chi connectivity index (χ4v) is 6.71. The van der Waals surface area contributed by atoms with Crippen molar-refractivity contribution in [3.05, 3.63) is 158 Å². The molecule has 1 aromatic heterocycles. The number of hydrogen-bond donors (Lipinski definition) is 0. The lowest BCUT2D eigenvalue weighted by Crippen LogP contribution is -1.91. The highest BCUT2D eigenvalue weighted by molar-refractivity contribution is 6.21. The predicted octanol–water partition coefficient (Wildman–Crippen LogP) is 12.0. The standard InChI is InChI=1S/C42H26O/c1-2-12-27(13-3-1)40-33-18-6-8-20-35(33)41(36-21-9-7-19-34(36)40)31-17-10-16-30(24-31)32-22-11-23-37-38-25-28-14-4-5-15-29(28)26-39(38)43-42(32)37/h1-26H/i25D,26D. The summed E-state index contributed by atoms with van der Waals surface area (Å²) in [5.41, 5.74) is 7.92. The molecule has 0 saturated carbocycles. The summed E-state index contributed by atoms with van der Waals surface area (Å²) in [7, 11) is 0. The molecule has 0 spiro atoms. The van der Waals surface area contributed by atoms with E-state index in [2.05, 4.69) is 109 Å². The minimum atomic E-state index is 0.323. The molecule has 0 fully saturated rings. The summed E-state index contributed by atoms with van der Waals surface area (Å²) in [4.78, 5) is 0. The van der Waals surface area contributed by atoms with Gasteiger partial charge in [0.25, 0.3) is 0 Å². The van der Waals surface area contributed by atoms with Gasteiger partial charge in [0.2, 0.25) is 0 Å². The van der Waals surface area contributed by atoms with Gasteiger partial charge in [0.1, 0.15) is 11.2 Å². The molecule has 0 aliphatic carbocycles. The second-order valence-electron chi connectivity index (χ2n) is 11.1. The van der Waals surface area contributed by atoms with Crippen LogP contribution in [-0.2, 0) is 0 Å². The second-order valence-corrected chi connectivity index (χ2v) is 11.1. The van der Waals surface area contributed by atoms with Gasteiger partial charge >= 0.3 is 0 Å². The maximum absolute atomic E-state index is 9.04. The average Bonchev–Trinajstić information content (AvgIpc) is 3.50. The molecule has 0 radical (unpaired) electrons. The molecule has 0 aliphatic heterocycles. The van der Waals surface area contributed by atoms with Crippen LogP contribution in [-0.4, -0.2) is 0 Å². The molecule has 0 atom stereocenters. The summed E-state index contributed by atoms with van der Waals surface area (Å²) in [6.07, 6.45) is 0. The molecule has 1 heterocycles. The summed E-state index contributed by atoms with van der Waals surface area (Å²) < 4.78 is 24.5. The monoisotopic (exact) mass is 548 g/mol. The first-order valence-electron chi connectivity index (χ1n) is 15.6. The van der Waals surface area contributed by atoms with E-state index in [4.69, 9.17) is 7.16 Å². The normalized spacial score (nSPS) is 12.4. The molecule has 1 heteroatoms. The maximum atomic E-state index is 9.04. The number of para-hydroxylation sites is 1. The number of hydrogen-bond acceptors (Lipinski definition) is 1. The molecule has 200 valence electrons. The Bertz CT molecular complexity index is 2560. The van der Waals surface area contributed by atoms with E-state index in [0.717, 1.165) is 32.8 Å². The van der Waals surface area contributed by atoms with E-state index in [1.54, 1.807) is 0 Å². The van der Waals surface area contributed by atoms with Crippen molar-refractivity contribution in [1.29, 1.82) is 0 Å². The van der Waals surface area contributed by atoms with Crippen molar-refractivity contribution in [2.45, 2.75) is 0 Å². The van der Waals surface area contributed by atoms with Crippen LogP contribution in [0.5, 0.6) is 0 Å². The fourth-order valence-electron chi connectivity index (χ4n) is 6.71. The van der Waals surface area contributed by atoms with Crippen LogP contribution in [0.4, 0.5) is 0 Å². The minimum Gasteiger partial charge on any atom is -0.455 e. The van der Waals surface area contributed by atoms with Gasteiger partial charge in [0.05, 0.1) is 2.74 Å². The zero-order valence-electron chi connectivity index (χ0n) is 25.3. The van der Waals surface area contributed by atoms with Crippen molar-refractivity contribution in [3.63, 3.8) is 0 Å². The number of benzene rings is 8. The van der Waals surface area contributed by atoms with Gasteiger partial charge in [-0.05, 0) is 78.3 Å². The van der Waals surface area contributed by atoms with E-state index in [0.29, 0.717) is 28.6 Å². The predicted molar refractivity (Wildman–Crippen MR) is 183 cm³/mol. The van der Waals surface area contributed by atoms with Gasteiger partial charge in [-0.15, -0.1) is 0 Å². The Morgan fingerprint density at radius 2 is 0.907 bits per heavy atom. The largest absolute Gasteiger partial charge is 0.455 e. The Hall–Kier alpha value is -5.66. The van der Waals surface area contributed by atoms with Crippen molar-refractivity contribution in [2.75, 3.05) is 0 Å². The van der Waals surface area contributed by atoms with Crippen LogP contribution in [0.3, 0.4) is 0 Å². The zero-order chi connectivity index (χ0) is 30.1. The smallest absolute Gasteiger partial charge is 0.143 e. The van der Waals surface area contributed by atoms with Crippen LogP contribution in [0.15, 0.2) is 162 Å². The number of rotatable bonds is 3. The van der Waals surface area contributed by atoms with Crippen LogP contribution in [0.25, 0.3) is 87.6 Å². The Balaban J connectivity index is 1.31. The van der Waals surface area contributed by atoms with Gasteiger partial charge in [-0.3, -0.25) is 0 Å². The van der Waals surface area contributed by atoms with Gasteiger partial charge < -0.3 is 4.42 Å². The molecule has 9 rings (SSSR count). The Morgan fingerprint density at radius 1 is 0.395 bits per heavy atom. The van der Waals surface area contributed by atoms with Crippen molar-refractivity contribution in [1.82, 2.24) is 0 Å². The molecule has 43 heavy (non-hydrogen) atoms. The van der Waals surface area contributed by atoms with E-state index in [-0.39, 0.29) is 0 Å². The van der Waals surface area contributed by atoms with Crippen molar-refractivity contribution in [2.24, 2.45) is 0 Å². The van der Waals surface area contributed by atoms with E-state index in [9.17, 15) is 0 Å². The van der Waals surface area contributed by atoms with Gasteiger partial charge in [0.15, 0.2) is 0 Å². The highest BCUT2D eigenvalue weighted by Gasteiger charge is 2.18. The lowest BCUT2D eigenvalue weighted by molar-refractivity contribution is 0.670. The average molecular weight is 549 g/mol. The van der Waals surface area contributed by atoms with Crippen molar-refractivity contribution < 1.29 is 7.16 Å². The first-order chi connectivity index (χ1) is 22.2. The van der Waals surface area contributed by atoms with E-state index in [1.807, 2.05) is 36.4 Å². The minimum absolute atomic E-state index is 0.323. The van der Waals surface area contributed by atoms with Crippen LogP contribution < -0.4 is 0 Å².